The second-order valence-corrected chi connectivity index (χ2v) is 8.80. The van der Waals surface area contributed by atoms with Gasteiger partial charge in [-0.05, 0) is 42.7 Å². The van der Waals surface area contributed by atoms with Crippen LogP contribution in [0.15, 0.2) is 39.5 Å². The molecule has 0 atom stereocenters. The number of carbonyl (C=O) groups is 1. The van der Waals surface area contributed by atoms with Crippen LogP contribution in [0.1, 0.15) is 63.9 Å². The number of fused-ring (bicyclic) bond motifs is 1. The second kappa shape index (κ2) is 12.1. The number of unbranched alkanes of at least 4 members (excludes halogenated alkanes) is 7. The zero-order valence-electron chi connectivity index (χ0n) is 20.0. The maximum atomic E-state index is 13.2. The molecule has 0 spiro atoms. The predicted octanol–water partition coefficient (Wildman–Crippen LogP) is 5.76. The minimum Gasteiger partial charge on any atom is -0.504 e. The van der Waals surface area contributed by atoms with Gasteiger partial charge in [-0.3, -0.25) is 9.59 Å². The van der Waals surface area contributed by atoms with Crippen molar-refractivity contribution in [3.05, 3.63) is 46.1 Å². The van der Waals surface area contributed by atoms with Crippen LogP contribution in [0.4, 0.5) is 5.69 Å². The summed E-state index contributed by atoms with van der Waals surface area (Å²) in [6, 6.07) is 7.61. The molecule has 0 unspecified atom stereocenters. The molecule has 0 saturated carbocycles. The minimum absolute atomic E-state index is 0.0430. The van der Waals surface area contributed by atoms with E-state index in [0.717, 1.165) is 37.0 Å². The summed E-state index contributed by atoms with van der Waals surface area (Å²) in [6.45, 7) is 1.68. The smallest absolute Gasteiger partial charge is 0.322 e. The fourth-order valence-electron chi connectivity index (χ4n) is 4.12. The molecule has 0 aliphatic rings. The van der Waals surface area contributed by atoms with Crippen LogP contribution in [0, 0.1) is 0 Å². The van der Waals surface area contributed by atoms with Gasteiger partial charge in [-0.15, -0.1) is 0 Å². The third-order valence-corrected chi connectivity index (χ3v) is 6.02. The number of carboxylic acids is 1. The summed E-state index contributed by atoms with van der Waals surface area (Å²) in [6.07, 6.45) is 10.5. The van der Waals surface area contributed by atoms with Crippen LogP contribution in [0.5, 0.6) is 17.2 Å². The van der Waals surface area contributed by atoms with Crippen molar-refractivity contribution in [2.75, 3.05) is 11.9 Å². The largest absolute Gasteiger partial charge is 0.504 e. The van der Waals surface area contributed by atoms with Crippen molar-refractivity contribution in [1.82, 2.24) is 0 Å². The number of aromatic hydroxyl groups is 3. The lowest BCUT2D eigenvalue weighted by Gasteiger charge is -2.13. The van der Waals surface area contributed by atoms with Crippen molar-refractivity contribution in [3.63, 3.8) is 0 Å². The van der Waals surface area contributed by atoms with E-state index in [2.05, 4.69) is 12.2 Å². The quantitative estimate of drug-likeness (QED) is 0.153. The molecule has 8 heteroatoms. The van der Waals surface area contributed by atoms with Crippen molar-refractivity contribution in [2.24, 2.45) is 0 Å². The van der Waals surface area contributed by atoms with E-state index < -0.39 is 35.2 Å². The first kappa shape index (κ1) is 25.9. The van der Waals surface area contributed by atoms with Crippen molar-refractivity contribution in [1.29, 1.82) is 0 Å². The van der Waals surface area contributed by atoms with Crippen LogP contribution in [-0.2, 0) is 11.2 Å². The van der Waals surface area contributed by atoms with E-state index in [4.69, 9.17) is 9.52 Å². The van der Waals surface area contributed by atoms with Crippen LogP contribution in [-0.4, -0.2) is 32.9 Å². The number of hydrogen-bond acceptors (Lipinski definition) is 7. The number of nitrogens with one attached hydrogen (secondary N) is 1. The maximum absolute atomic E-state index is 13.2. The summed E-state index contributed by atoms with van der Waals surface area (Å²) in [5.74, 6) is -3.12. The molecule has 0 aliphatic carbocycles. The molecular weight excluding hydrogens is 450 g/mol. The SMILES string of the molecule is CCCCCCCCCCc1ccc2c(=O)c(NCC(=O)O)c(-c3cc(O)c(O)c(O)c3)oc2c1. The molecule has 1 heterocycles. The minimum atomic E-state index is -1.17. The fraction of sp³-hybridized carbons (Fsp3) is 0.407. The Morgan fingerprint density at radius 1 is 0.914 bits per heavy atom. The van der Waals surface area contributed by atoms with Crippen LogP contribution < -0.4 is 10.7 Å². The van der Waals surface area contributed by atoms with E-state index in [-0.39, 0.29) is 22.4 Å². The summed E-state index contributed by atoms with van der Waals surface area (Å²) in [5.41, 5.74) is 0.863. The number of carboxylic acid groups (broad SMARTS) is 1. The molecular formula is C27H33NO7. The molecule has 0 saturated heterocycles. The molecule has 0 fully saturated rings. The average molecular weight is 484 g/mol. The topological polar surface area (TPSA) is 140 Å². The molecule has 3 aromatic rings. The molecule has 8 nitrogen and oxygen atoms in total. The van der Waals surface area contributed by atoms with Crippen molar-refractivity contribution in [3.8, 4) is 28.6 Å². The highest BCUT2D eigenvalue weighted by atomic mass is 16.4. The Balaban J connectivity index is 1.87. The molecule has 0 amide bonds. The zero-order chi connectivity index (χ0) is 25.4. The van der Waals surface area contributed by atoms with Crippen molar-refractivity contribution in [2.45, 2.75) is 64.7 Å². The Hall–Kier alpha value is -3.68. The highest BCUT2D eigenvalue weighted by molar-refractivity contribution is 5.88. The highest BCUT2D eigenvalue weighted by Crippen LogP contribution is 2.41. The molecule has 1 aromatic heterocycles. The van der Waals surface area contributed by atoms with Gasteiger partial charge in [-0.2, -0.15) is 0 Å². The number of aliphatic carboxylic acids is 1. The fourth-order valence-corrected chi connectivity index (χ4v) is 4.12. The molecule has 2 aromatic carbocycles. The lowest BCUT2D eigenvalue weighted by molar-refractivity contribution is -0.134. The maximum Gasteiger partial charge on any atom is 0.322 e. The summed E-state index contributed by atoms with van der Waals surface area (Å²) in [7, 11) is 0. The van der Waals surface area contributed by atoms with Crippen LogP contribution in [0.3, 0.4) is 0 Å². The molecule has 188 valence electrons. The Labute approximate surface area is 203 Å². The van der Waals surface area contributed by atoms with Crippen molar-refractivity contribution >= 4 is 22.6 Å². The number of benzene rings is 2. The highest BCUT2D eigenvalue weighted by Gasteiger charge is 2.20. The molecule has 0 radical (unpaired) electrons. The third-order valence-electron chi connectivity index (χ3n) is 6.02. The first-order valence-corrected chi connectivity index (χ1v) is 12.1. The molecule has 5 N–H and O–H groups in total. The Bertz CT molecular complexity index is 1210. The van der Waals surface area contributed by atoms with E-state index in [1.54, 1.807) is 12.1 Å². The molecule has 0 aliphatic heterocycles. The number of phenolic OH excluding ortho intramolecular Hbond substituents is 3. The van der Waals surface area contributed by atoms with E-state index in [9.17, 15) is 24.9 Å². The third kappa shape index (κ3) is 6.68. The zero-order valence-corrected chi connectivity index (χ0v) is 20.0. The number of hydrogen-bond donors (Lipinski definition) is 5. The standard InChI is InChI=1S/C27H33NO7/c1-2-3-4-5-6-7-8-9-10-17-11-12-19-22(13-17)35-27(24(25(19)33)28-16-23(31)32)18-14-20(29)26(34)21(30)15-18/h11-15,28-30,34H,2-10,16H2,1H3,(H,31,32). The lowest BCUT2D eigenvalue weighted by atomic mass is 10.0. The number of aryl methyl sites for hydroxylation is 1. The lowest BCUT2D eigenvalue weighted by Crippen LogP contribution is -2.19. The Morgan fingerprint density at radius 2 is 1.54 bits per heavy atom. The van der Waals surface area contributed by atoms with Gasteiger partial charge in [0.1, 0.15) is 17.8 Å². The van der Waals surface area contributed by atoms with Gasteiger partial charge >= 0.3 is 5.97 Å². The second-order valence-electron chi connectivity index (χ2n) is 8.80. The summed E-state index contributed by atoms with van der Waals surface area (Å²) < 4.78 is 6.01. The van der Waals surface area contributed by atoms with Gasteiger partial charge in [0.2, 0.25) is 5.43 Å². The molecule has 3 rings (SSSR count). The van der Waals surface area contributed by atoms with Gasteiger partial charge in [-0.25, -0.2) is 0 Å². The van der Waals surface area contributed by atoms with Gasteiger partial charge in [-0.1, -0.05) is 57.9 Å². The van der Waals surface area contributed by atoms with Gasteiger partial charge in [0, 0.05) is 5.56 Å². The monoisotopic (exact) mass is 483 g/mol. The van der Waals surface area contributed by atoms with Crippen LogP contribution in [0.25, 0.3) is 22.3 Å². The number of rotatable bonds is 13. The summed E-state index contributed by atoms with van der Waals surface area (Å²) >= 11 is 0. The first-order chi connectivity index (χ1) is 16.8. The van der Waals surface area contributed by atoms with Crippen LogP contribution in [0.2, 0.25) is 0 Å². The van der Waals surface area contributed by atoms with E-state index >= 15 is 0 Å². The van der Waals surface area contributed by atoms with Gasteiger partial charge in [0.15, 0.2) is 23.0 Å². The first-order valence-electron chi connectivity index (χ1n) is 12.1. The average Bonchev–Trinajstić information content (AvgIpc) is 2.83. The number of phenols is 3. The van der Waals surface area contributed by atoms with E-state index in [1.807, 2.05) is 6.07 Å². The Kier molecular flexibility index (Phi) is 9.00. The van der Waals surface area contributed by atoms with Gasteiger partial charge in [0.25, 0.3) is 0 Å². The predicted molar refractivity (Wildman–Crippen MR) is 135 cm³/mol. The van der Waals surface area contributed by atoms with E-state index in [1.165, 1.54) is 38.5 Å². The van der Waals surface area contributed by atoms with Crippen molar-refractivity contribution < 1.29 is 29.6 Å². The Morgan fingerprint density at radius 3 is 2.17 bits per heavy atom. The molecule has 0 bridgehead atoms. The summed E-state index contributed by atoms with van der Waals surface area (Å²) in [5, 5.41) is 41.5. The number of anilines is 1. The van der Waals surface area contributed by atoms with Crippen LogP contribution >= 0.6 is 0 Å². The van der Waals surface area contributed by atoms with E-state index in [0.29, 0.717) is 5.58 Å². The van der Waals surface area contributed by atoms with Gasteiger partial charge in [0.05, 0.1) is 5.39 Å². The van der Waals surface area contributed by atoms with Gasteiger partial charge < -0.3 is 30.2 Å². The molecule has 35 heavy (non-hydrogen) atoms. The normalized spacial score (nSPS) is 11.1. The summed E-state index contributed by atoms with van der Waals surface area (Å²) in [4.78, 5) is 24.3.